The third-order valence-corrected chi connectivity index (χ3v) is 2.53. The van der Waals surface area contributed by atoms with Crippen molar-refractivity contribution < 1.29 is 23.9 Å². The van der Waals surface area contributed by atoms with Gasteiger partial charge in [0.15, 0.2) is 6.29 Å². The molecule has 0 aliphatic rings. The molecule has 0 fully saturated rings. The number of nitrogens with one attached hydrogen (secondary N) is 1. The number of aldehydes is 1. The van der Waals surface area contributed by atoms with Crippen LogP contribution in [0.5, 0.6) is 0 Å². The van der Waals surface area contributed by atoms with Crippen molar-refractivity contribution in [2.24, 2.45) is 0 Å². The Hall–Kier alpha value is -2.38. The van der Waals surface area contributed by atoms with Gasteiger partial charge < -0.3 is 14.8 Å². The minimum atomic E-state index is -0.672. The second-order valence-corrected chi connectivity index (χ2v) is 7.23. The van der Waals surface area contributed by atoms with Gasteiger partial charge in [-0.3, -0.25) is 4.79 Å². The molecule has 1 amide bonds. The van der Waals surface area contributed by atoms with E-state index < -0.39 is 23.4 Å². The van der Waals surface area contributed by atoms with E-state index >= 15 is 0 Å². The highest BCUT2D eigenvalue weighted by atomic mass is 16.6. The molecule has 1 N–H and O–H groups in total. The first-order valence-corrected chi connectivity index (χ1v) is 7.65. The lowest BCUT2D eigenvalue weighted by atomic mass is 10.2. The SMILES string of the molecule is CC(C)(C)OC(=O)NCCc1nc(C=O)cn1C(=O)OC(C)(C)C. The average molecular weight is 339 g/mol. The summed E-state index contributed by atoms with van der Waals surface area (Å²) in [5.74, 6) is 0.322. The Balaban J connectivity index is 2.74. The number of rotatable bonds is 4. The number of hydrogen-bond donors (Lipinski definition) is 1. The smallest absolute Gasteiger partial charge is 0.420 e. The van der Waals surface area contributed by atoms with Crippen molar-refractivity contribution in [2.75, 3.05) is 6.54 Å². The minimum absolute atomic E-state index is 0.119. The van der Waals surface area contributed by atoms with Gasteiger partial charge >= 0.3 is 12.2 Å². The van der Waals surface area contributed by atoms with Crippen molar-refractivity contribution in [2.45, 2.75) is 59.2 Å². The van der Waals surface area contributed by atoms with Gasteiger partial charge in [0.05, 0.1) is 0 Å². The summed E-state index contributed by atoms with van der Waals surface area (Å²) in [5.41, 5.74) is -1.15. The minimum Gasteiger partial charge on any atom is -0.444 e. The quantitative estimate of drug-likeness (QED) is 0.846. The number of aromatic nitrogens is 2. The van der Waals surface area contributed by atoms with Crippen LogP contribution in [-0.2, 0) is 15.9 Å². The van der Waals surface area contributed by atoms with Crippen LogP contribution in [0.1, 0.15) is 57.9 Å². The third kappa shape index (κ3) is 6.80. The number of hydrogen-bond acceptors (Lipinski definition) is 6. The van der Waals surface area contributed by atoms with Gasteiger partial charge in [-0.15, -0.1) is 0 Å². The van der Waals surface area contributed by atoms with Crippen LogP contribution in [0.4, 0.5) is 9.59 Å². The van der Waals surface area contributed by atoms with Gasteiger partial charge in [0.1, 0.15) is 22.7 Å². The zero-order valence-electron chi connectivity index (χ0n) is 15.0. The van der Waals surface area contributed by atoms with E-state index in [1.54, 1.807) is 41.5 Å². The predicted octanol–water partition coefficient (Wildman–Crippen LogP) is 2.55. The fraction of sp³-hybridized carbons (Fsp3) is 0.625. The van der Waals surface area contributed by atoms with Gasteiger partial charge in [-0.05, 0) is 41.5 Å². The van der Waals surface area contributed by atoms with Crippen LogP contribution in [-0.4, -0.2) is 45.8 Å². The second-order valence-electron chi connectivity index (χ2n) is 7.23. The molecule has 1 heterocycles. The van der Waals surface area contributed by atoms with Gasteiger partial charge in [-0.2, -0.15) is 0 Å². The summed E-state index contributed by atoms with van der Waals surface area (Å²) in [6.45, 7) is 10.7. The summed E-state index contributed by atoms with van der Waals surface area (Å²) in [4.78, 5) is 38.7. The number of imidazole rings is 1. The first kappa shape index (κ1) is 19.7. The molecule has 0 saturated heterocycles. The monoisotopic (exact) mass is 339 g/mol. The fourth-order valence-corrected chi connectivity index (χ4v) is 1.73. The number of carbonyl (C=O) groups excluding carboxylic acids is 3. The molecule has 8 heteroatoms. The third-order valence-electron chi connectivity index (χ3n) is 2.53. The molecule has 0 aliphatic carbocycles. The Bertz CT molecular complexity index is 608. The maximum Gasteiger partial charge on any atom is 0.420 e. The number of carbonyl (C=O) groups is 3. The molecule has 0 aromatic carbocycles. The van der Waals surface area contributed by atoms with Gasteiger partial charge in [0, 0.05) is 19.2 Å². The molecule has 134 valence electrons. The second kappa shape index (κ2) is 7.46. The van der Waals surface area contributed by atoms with Gasteiger partial charge in [-0.25, -0.2) is 19.1 Å². The van der Waals surface area contributed by atoms with Gasteiger partial charge in [0.25, 0.3) is 0 Å². The molecule has 0 bridgehead atoms. The molecule has 0 spiro atoms. The Morgan fingerprint density at radius 2 is 1.75 bits per heavy atom. The van der Waals surface area contributed by atoms with Gasteiger partial charge in [-0.1, -0.05) is 0 Å². The lowest BCUT2D eigenvalue weighted by molar-refractivity contribution is 0.0527. The molecule has 0 aliphatic heterocycles. The Labute approximate surface area is 141 Å². The first-order chi connectivity index (χ1) is 10.9. The van der Waals surface area contributed by atoms with Crippen LogP contribution in [0.15, 0.2) is 6.20 Å². The van der Waals surface area contributed by atoms with Crippen molar-refractivity contribution in [3.63, 3.8) is 0 Å². The summed E-state index contributed by atoms with van der Waals surface area (Å²) < 4.78 is 11.6. The van der Waals surface area contributed by atoms with Crippen LogP contribution in [0.3, 0.4) is 0 Å². The Kier molecular flexibility index (Phi) is 6.11. The largest absolute Gasteiger partial charge is 0.444 e. The fourth-order valence-electron chi connectivity index (χ4n) is 1.73. The zero-order valence-corrected chi connectivity index (χ0v) is 15.0. The molecule has 1 rings (SSSR count). The molecule has 0 atom stereocenters. The van der Waals surface area contributed by atoms with Gasteiger partial charge in [0.2, 0.25) is 0 Å². The summed E-state index contributed by atoms with van der Waals surface area (Å²) in [6.07, 6.45) is 0.908. The molecular weight excluding hydrogens is 314 g/mol. The number of ether oxygens (including phenoxy) is 2. The molecular formula is C16H25N3O5. The number of alkyl carbamates (subject to hydrolysis) is 1. The predicted molar refractivity (Wildman–Crippen MR) is 87.2 cm³/mol. The van der Waals surface area contributed by atoms with E-state index in [1.807, 2.05) is 0 Å². The highest BCUT2D eigenvalue weighted by Crippen LogP contribution is 2.12. The summed E-state index contributed by atoms with van der Waals surface area (Å²) >= 11 is 0. The number of nitrogens with zero attached hydrogens (tertiary/aromatic N) is 2. The van der Waals surface area contributed by atoms with E-state index in [9.17, 15) is 14.4 Å². The summed E-state index contributed by atoms with van der Waals surface area (Å²) in [5, 5.41) is 2.57. The lowest BCUT2D eigenvalue weighted by Gasteiger charge is -2.20. The van der Waals surface area contributed by atoms with E-state index in [1.165, 1.54) is 10.8 Å². The molecule has 0 unspecified atom stereocenters. The number of amides is 1. The molecule has 1 aromatic heterocycles. The normalized spacial score (nSPS) is 11.8. The molecule has 1 aromatic rings. The van der Waals surface area contributed by atoms with Crippen LogP contribution in [0.25, 0.3) is 0 Å². The van der Waals surface area contributed by atoms with Crippen molar-refractivity contribution in [3.8, 4) is 0 Å². The molecule has 24 heavy (non-hydrogen) atoms. The Morgan fingerprint density at radius 3 is 2.25 bits per heavy atom. The molecule has 0 saturated carbocycles. The maximum absolute atomic E-state index is 12.2. The van der Waals surface area contributed by atoms with Crippen LogP contribution < -0.4 is 5.32 Å². The van der Waals surface area contributed by atoms with Crippen LogP contribution in [0.2, 0.25) is 0 Å². The standard InChI is InChI=1S/C16H25N3O5/c1-15(2,3)23-13(21)17-8-7-12-18-11(10-20)9-19(12)14(22)24-16(4,5)6/h9-10H,7-8H2,1-6H3,(H,17,21). The highest BCUT2D eigenvalue weighted by Gasteiger charge is 2.21. The van der Waals surface area contributed by atoms with E-state index in [2.05, 4.69) is 10.3 Å². The van der Waals surface area contributed by atoms with E-state index in [4.69, 9.17) is 9.47 Å². The topological polar surface area (TPSA) is 99.5 Å². The lowest BCUT2D eigenvalue weighted by Crippen LogP contribution is -2.34. The van der Waals surface area contributed by atoms with Crippen molar-refractivity contribution in [3.05, 3.63) is 17.7 Å². The van der Waals surface area contributed by atoms with E-state index in [0.29, 0.717) is 12.1 Å². The van der Waals surface area contributed by atoms with Crippen molar-refractivity contribution in [1.82, 2.24) is 14.9 Å². The van der Waals surface area contributed by atoms with Crippen LogP contribution in [0, 0.1) is 0 Å². The average Bonchev–Trinajstić information content (AvgIpc) is 2.78. The molecule has 0 radical (unpaired) electrons. The first-order valence-electron chi connectivity index (χ1n) is 7.65. The maximum atomic E-state index is 12.2. The van der Waals surface area contributed by atoms with E-state index in [-0.39, 0.29) is 18.7 Å². The molecule has 8 nitrogen and oxygen atoms in total. The summed E-state index contributed by atoms with van der Waals surface area (Å²) in [7, 11) is 0. The van der Waals surface area contributed by atoms with Crippen LogP contribution >= 0.6 is 0 Å². The Morgan fingerprint density at radius 1 is 1.17 bits per heavy atom. The summed E-state index contributed by atoms with van der Waals surface area (Å²) in [6, 6.07) is 0. The highest BCUT2D eigenvalue weighted by molar-refractivity contribution is 5.77. The van der Waals surface area contributed by atoms with Crippen molar-refractivity contribution in [1.29, 1.82) is 0 Å². The van der Waals surface area contributed by atoms with Crippen molar-refractivity contribution >= 4 is 18.5 Å². The van der Waals surface area contributed by atoms with E-state index in [0.717, 1.165) is 0 Å². The zero-order chi connectivity index (χ0) is 18.5.